The Bertz CT molecular complexity index is 5790. The Labute approximate surface area is 649 Å². The minimum absolute atomic E-state index is 0.00149. The molecule has 8 heteroatoms. The van der Waals surface area contributed by atoms with Gasteiger partial charge in [-0.1, -0.05) is 290 Å². The number of imidazole rings is 1. The zero-order chi connectivity index (χ0) is 75.1. The highest BCUT2D eigenvalue weighted by atomic mass is 16.5. The van der Waals surface area contributed by atoms with Crippen LogP contribution in [0.25, 0.3) is 106 Å². The van der Waals surface area contributed by atoms with Crippen LogP contribution in [0.5, 0.6) is 11.5 Å². The maximum atomic E-state index is 7.36. The minimum atomic E-state index is -0.314. The van der Waals surface area contributed by atoms with Crippen molar-refractivity contribution in [2.75, 3.05) is 9.80 Å². The van der Waals surface area contributed by atoms with Gasteiger partial charge in [0.15, 0.2) is 11.5 Å². The Hall–Kier alpha value is -11.6. The van der Waals surface area contributed by atoms with Crippen LogP contribution in [0.1, 0.15) is 168 Å². The Kier molecular flexibility index (Phi) is 19.5. The molecule has 0 radical (unpaired) electrons. The molecule has 0 amide bonds. The number of hydrogen-bond acceptors (Lipinski definition) is 7. The summed E-state index contributed by atoms with van der Waals surface area (Å²) in [5.41, 5.74) is 24.3. The lowest BCUT2D eigenvalue weighted by Gasteiger charge is -2.47. The average Bonchev–Trinajstić information content (AvgIpc) is 1.08. The summed E-state index contributed by atoms with van der Waals surface area (Å²) in [6.07, 6.45) is 16.8. The summed E-state index contributed by atoms with van der Waals surface area (Å²) in [7, 11) is 0. The summed E-state index contributed by atoms with van der Waals surface area (Å²) in [6.45, 7) is 18.2. The van der Waals surface area contributed by atoms with Crippen molar-refractivity contribution in [2.24, 2.45) is 0 Å². The van der Waals surface area contributed by atoms with Crippen molar-refractivity contribution in [1.82, 2.24) is 19.7 Å². The standard InChI is InChI=1S/C102H98N6O2/c1-9-11-13-15-17-29-63-102(64-30-18-16-14-12-10-2)87-65-74(69-31-21-19-22-32-69)45-59-89(87)106(80-55-43-73(44-56-80)99-105-104-98(110-99)72-39-49-78(50-40-72)100(3,4)5)90-60-46-75(66-88(90)102)77-48-62-92-94(68-77)109-93-67-76(70-33-23-20-24-34-70)47-61-91(93)107(92)81-53-41-71(42-54-81)97-103-95-85-37-27-25-35-83(85)84-36-26-28-38-86(84)96(95)108(97)82-57-51-79(52-58-82)101(6,7)8/h19-28,31-62,65-68H,9-18,29-30,63-64H2,1-8H3. The second kappa shape index (κ2) is 30.1. The highest BCUT2D eigenvalue weighted by molar-refractivity contribution is 6.24. The summed E-state index contributed by atoms with van der Waals surface area (Å²) in [4.78, 5) is 10.6. The predicted molar refractivity (Wildman–Crippen MR) is 460 cm³/mol. The zero-order valence-corrected chi connectivity index (χ0v) is 65.0. The van der Waals surface area contributed by atoms with E-state index >= 15 is 0 Å². The van der Waals surface area contributed by atoms with Crippen LogP contribution < -0.4 is 14.5 Å². The molecule has 0 saturated carbocycles. The molecule has 2 aromatic heterocycles. The molecule has 548 valence electrons. The van der Waals surface area contributed by atoms with Crippen LogP contribution in [0, 0.1) is 0 Å². The van der Waals surface area contributed by atoms with Crippen molar-refractivity contribution in [3.8, 4) is 84.9 Å². The van der Waals surface area contributed by atoms with Gasteiger partial charge in [0.05, 0.1) is 33.8 Å². The Morgan fingerprint density at radius 3 is 1.20 bits per heavy atom. The zero-order valence-electron chi connectivity index (χ0n) is 65.0. The molecule has 0 saturated heterocycles. The second-order valence-corrected chi connectivity index (χ2v) is 32.6. The van der Waals surface area contributed by atoms with Gasteiger partial charge in [-0.25, -0.2) is 4.98 Å². The van der Waals surface area contributed by atoms with E-state index in [1.807, 2.05) is 0 Å². The van der Waals surface area contributed by atoms with Crippen LogP contribution in [0.2, 0.25) is 0 Å². The molecular weight excluding hydrogens is 1340 g/mol. The van der Waals surface area contributed by atoms with Crippen molar-refractivity contribution >= 4 is 66.7 Å². The molecule has 0 N–H and O–H groups in total. The molecule has 15 aromatic rings. The van der Waals surface area contributed by atoms with E-state index in [2.05, 4.69) is 359 Å². The van der Waals surface area contributed by atoms with Crippen LogP contribution in [0.15, 0.2) is 283 Å². The number of ether oxygens (including phenoxy) is 1. The van der Waals surface area contributed by atoms with Crippen LogP contribution in [-0.2, 0) is 16.2 Å². The third-order valence-electron chi connectivity index (χ3n) is 23.3. The maximum Gasteiger partial charge on any atom is 0.248 e. The average molecular weight is 1440 g/mol. The van der Waals surface area contributed by atoms with E-state index in [1.165, 1.54) is 125 Å². The molecule has 8 nitrogen and oxygen atoms in total. The molecule has 0 spiro atoms. The van der Waals surface area contributed by atoms with Gasteiger partial charge < -0.3 is 19.0 Å². The smallest absolute Gasteiger partial charge is 0.248 e. The van der Waals surface area contributed by atoms with E-state index in [0.717, 1.165) is 127 Å². The maximum absolute atomic E-state index is 7.36. The fourth-order valence-corrected chi connectivity index (χ4v) is 17.3. The number of benzene rings is 13. The highest BCUT2D eigenvalue weighted by Crippen LogP contribution is 2.59. The van der Waals surface area contributed by atoms with E-state index < -0.39 is 0 Å². The third kappa shape index (κ3) is 13.7. The van der Waals surface area contributed by atoms with Crippen molar-refractivity contribution < 1.29 is 9.15 Å². The molecule has 0 bridgehead atoms. The minimum Gasteiger partial charge on any atom is -0.453 e. The van der Waals surface area contributed by atoms with E-state index in [0.29, 0.717) is 11.8 Å². The van der Waals surface area contributed by atoms with Crippen LogP contribution in [0.3, 0.4) is 0 Å². The van der Waals surface area contributed by atoms with Gasteiger partial charge in [0.2, 0.25) is 11.8 Å². The van der Waals surface area contributed by atoms with Crippen LogP contribution >= 0.6 is 0 Å². The summed E-state index contributed by atoms with van der Waals surface area (Å²) in [5, 5.41) is 13.9. The summed E-state index contributed by atoms with van der Waals surface area (Å²) >= 11 is 0. The lowest BCUT2D eigenvalue weighted by atomic mass is 9.64. The highest BCUT2D eigenvalue weighted by Gasteiger charge is 2.44. The van der Waals surface area contributed by atoms with Crippen molar-refractivity contribution in [1.29, 1.82) is 0 Å². The van der Waals surface area contributed by atoms with Crippen molar-refractivity contribution in [3.63, 3.8) is 0 Å². The fourth-order valence-electron chi connectivity index (χ4n) is 17.3. The third-order valence-corrected chi connectivity index (χ3v) is 23.3. The quantitative estimate of drug-likeness (QED) is 0.0467. The molecule has 0 atom stereocenters. The van der Waals surface area contributed by atoms with Gasteiger partial charge in [-0.2, -0.15) is 0 Å². The number of anilines is 6. The number of hydrogen-bond donors (Lipinski definition) is 0. The van der Waals surface area contributed by atoms with Gasteiger partial charge in [-0.05, 0) is 211 Å². The SMILES string of the molecule is CCCCCCCCC1(CCCCCCCC)c2cc(-c3ccccc3)ccc2N(c2ccc(-c3nnc(-c4ccc(C(C)(C)C)cc4)o3)cc2)c2ccc(-c3ccc4c(c3)Oc3cc(-c5ccccc5)ccc3N4c3ccc(-c4nc5c6ccccc6c6ccccc6c5n4-c4ccc(C(C)(C)C)cc4)cc3)cc21. The molecule has 2 aliphatic heterocycles. The number of fused-ring (bicyclic) bond motifs is 10. The van der Waals surface area contributed by atoms with Crippen molar-refractivity contribution in [2.45, 2.75) is 162 Å². The molecule has 13 aromatic carbocycles. The van der Waals surface area contributed by atoms with Gasteiger partial charge in [-0.3, -0.25) is 4.57 Å². The van der Waals surface area contributed by atoms with Crippen molar-refractivity contribution in [3.05, 3.63) is 301 Å². The molecule has 110 heavy (non-hydrogen) atoms. The van der Waals surface area contributed by atoms with Gasteiger partial charge in [0.25, 0.3) is 0 Å². The molecule has 17 rings (SSSR count). The van der Waals surface area contributed by atoms with Gasteiger partial charge in [-0.15, -0.1) is 10.2 Å². The van der Waals surface area contributed by atoms with Crippen LogP contribution in [-0.4, -0.2) is 19.7 Å². The number of unbranched alkanes of at least 4 members (excludes halogenated alkanes) is 10. The van der Waals surface area contributed by atoms with Crippen LogP contribution in [0.4, 0.5) is 34.1 Å². The Balaban J connectivity index is 0.800. The lowest BCUT2D eigenvalue weighted by Crippen LogP contribution is -2.36. The molecule has 0 unspecified atom stereocenters. The number of nitrogens with zero attached hydrogens (tertiary/aromatic N) is 6. The van der Waals surface area contributed by atoms with E-state index in [1.54, 1.807) is 0 Å². The largest absolute Gasteiger partial charge is 0.453 e. The van der Waals surface area contributed by atoms with E-state index in [9.17, 15) is 0 Å². The molecule has 0 fully saturated rings. The monoisotopic (exact) mass is 1440 g/mol. The first-order valence-corrected chi connectivity index (χ1v) is 40.3. The second-order valence-electron chi connectivity index (χ2n) is 32.6. The molecular formula is C102H98N6O2. The van der Waals surface area contributed by atoms with E-state index in [-0.39, 0.29) is 16.2 Å². The lowest BCUT2D eigenvalue weighted by molar-refractivity contribution is 0.388. The number of rotatable bonds is 23. The Morgan fingerprint density at radius 1 is 0.327 bits per heavy atom. The first-order valence-electron chi connectivity index (χ1n) is 40.3. The van der Waals surface area contributed by atoms with Gasteiger partial charge >= 0.3 is 0 Å². The first kappa shape index (κ1) is 71.3. The fraction of sp³-hybridized carbons (Fsp3) is 0.245. The summed E-state index contributed by atoms with van der Waals surface area (Å²) in [6, 6.07) is 103. The summed E-state index contributed by atoms with van der Waals surface area (Å²) in [5.74, 6) is 3.47. The first-order chi connectivity index (χ1) is 53.7. The van der Waals surface area contributed by atoms with Gasteiger partial charge in [0.1, 0.15) is 5.82 Å². The van der Waals surface area contributed by atoms with E-state index in [4.69, 9.17) is 14.1 Å². The molecule has 0 aliphatic carbocycles. The predicted octanol–water partition coefficient (Wildman–Crippen LogP) is 29.5. The molecule has 4 heterocycles. The van der Waals surface area contributed by atoms with Gasteiger partial charge in [0, 0.05) is 49.9 Å². The normalized spacial score (nSPS) is 13.2. The number of aromatic nitrogens is 4. The molecule has 2 aliphatic rings. The Morgan fingerprint density at radius 2 is 0.700 bits per heavy atom. The summed E-state index contributed by atoms with van der Waals surface area (Å²) < 4.78 is 16.2. The topological polar surface area (TPSA) is 72.5 Å².